The number of nitrogens with zero attached hydrogens (tertiary/aromatic N) is 3. The number of hydrazone groups is 1. The lowest BCUT2D eigenvalue weighted by atomic mass is 10.1. The number of esters is 1. The molecule has 1 heterocycles. The van der Waals surface area contributed by atoms with Crippen molar-refractivity contribution in [3.63, 3.8) is 0 Å². The van der Waals surface area contributed by atoms with Gasteiger partial charge in [-0.3, -0.25) is 0 Å². The molecule has 0 amide bonds. The molecule has 5 nitrogen and oxygen atoms in total. The van der Waals surface area contributed by atoms with E-state index in [1.807, 2.05) is 43.6 Å². The van der Waals surface area contributed by atoms with Crippen LogP contribution in [0.2, 0.25) is 0 Å². The van der Waals surface area contributed by atoms with Crippen LogP contribution in [0.4, 0.5) is 5.13 Å². The first-order valence-corrected chi connectivity index (χ1v) is 9.35. The minimum Gasteiger partial charge on any atom is -0.465 e. The third-order valence-electron chi connectivity index (χ3n) is 4.17. The lowest BCUT2D eigenvalue weighted by Crippen LogP contribution is -2.10. The summed E-state index contributed by atoms with van der Waals surface area (Å²) in [6, 6.07) is 13.8. The highest BCUT2D eigenvalue weighted by Gasteiger charge is 2.12. The molecule has 0 N–H and O–H groups in total. The summed E-state index contributed by atoms with van der Waals surface area (Å²) in [4.78, 5) is 16.7. The number of carbonyl (C=O) groups is 1. The molecule has 3 aromatic rings. The number of hydrogen-bond acceptors (Lipinski definition) is 6. The van der Waals surface area contributed by atoms with Gasteiger partial charge in [0.25, 0.3) is 0 Å². The third kappa shape index (κ3) is 4.23. The van der Waals surface area contributed by atoms with Crippen LogP contribution in [0.15, 0.2) is 52.9 Å². The monoisotopic (exact) mass is 379 g/mol. The minimum atomic E-state index is -0.376. The van der Waals surface area contributed by atoms with E-state index < -0.39 is 0 Å². The first-order valence-electron chi connectivity index (χ1n) is 8.48. The van der Waals surface area contributed by atoms with Crippen LogP contribution >= 0.6 is 11.3 Å². The minimum absolute atomic E-state index is 0.376. The number of carbonyl (C=O) groups excluding carboxylic acids is 1. The SMILES string of the molecule is COC(=O)c1cc(C)ccc1/C=N/N(C)c1nc(-c2ccccc2C)cs1. The zero-order valence-electron chi connectivity index (χ0n) is 15.8. The smallest absolute Gasteiger partial charge is 0.338 e. The van der Waals surface area contributed by atoms with Crippen molar-refractivity contribution in [3.8, 4) is 11.3 Å². The van der Waals surface area contributed by atoms with Crippen LogP contribution in [0.25, 0.3) is 11.3 Å². The predicted octanol–water partition coefficient (Wildman–Crippen LogP) is 4.68. The van der Waals surface area contributed by atoms with Crippen LogP contribution in [-0.2, 0) is 4.74 Å². The number of thiazole rings is 1. The van der Waals surface area contributed by atoms with Crippen molar-refractivity contribution in [2.45, 2.75) is 13.8 Å². The Morgan fingerprint density at radius 1 is 1.22 bits per heavy atom. The Morgan fingerprint density at radius 3 is 2.74 bits per heavy atom. The molecule has 27 heavy (non-hydrogen) atoms. The Bertz CT molecular complexity index is 995. The van der Waals surface area contributed by atoms with E-state index in [2.05, 4.69) is 29.1 Å². The van der Waals surface area contributed by atoms with Crippen LogP contribution < -0.4 is 5.01 Å². The maximum absolute atomic E-state index is 12.0. The number of benzene rings is 2. The molecule has 0 atom stereocenters. The molecule has 0 aliphatic carbocycles. The van der Waals surface area contributed by atoms with E-state index in [-0.39, 0.29) is 5.97 Å². The van der Waals surface area contributed by atoms with E-state index in [0.29, 0.717) is 11.1 Å². The van der Waals surface area contributed by atoms with E-state index in [1.54, 1.807) is 17.3 Å². The number of ether oxygens (including phenoxy) is 1. The third-order valence-corrected chi connectivity index (χ3v) is 5.08. The predicted molar refractivity (Wildman–Crippen MR) is 111 cm³/mol. The Morgan fingerprint density at radius 2 is 2.00 bits per heavy atom. The highest BCUT2D eigenvalue weighted by atomic mass is 32.1. The lowest BCUT2D eigenvalue weighted by Gasteiger charge is -2.09. The standard InChI is InChI=1S/C21H21N3O2S/c1-14-9-10-16(18(11-14)20(25)26-4)12-22-24(3)21-23-19(13-27-21)17-8-6-5-7-15(17)2/h5-13H,1-4H3/b22-12+. The number of anilines is 1. The molecule has 0 aliphatic rings. The van der Waals surface area contributed by atoms with E-state index in [9.17, 15) is 4.79 Å². The molecular formula is C21H21N3O2S. The average Bonchev–Trinajstić information content (AvgIpc) is 3.16. The molecule has 1 aromatic heterocycles. The molecule has 0 unspecified atom stereocenters. The summed E-state index contributed by atoms with van der Waals surface area (Å²) in [5, 5.41) is 8.95. The van der Waals surface area contributed by atoms with Gasteiger partial charge in [-0.1, -0.05) is 42.0 Å². The van der Waals surface area contributed by atoms with Crippen molar-refractivity contribution in [1.82, 2.24) is 4.98 Å². The second kappa shape index (κ2) is 8.14. The van der Waals surface area contributed by atoms with Crippen molar-refractivity contribution in [3.05, 3.63) is 70.1 Å². The molecule has 0 fully saturated rings. The Hall–Kier alpha value is -2.99. The number of methoxy groups -OCH3 is 1. The topological polar surface area (TPSA) is 54.8 Å². The number of hydrogen-bond donors (Lipinski definition) is 0. The van der Waals surface area contributed by atoms with Crippen molar-refractivity contribution >= 4 is 28.7 Å². The Labute approximate surface area is 162 Å². The number of aromatic nitrogens is 1. The zero-order chi connectivity index (χ0) is 19.4. The highest BCUT2D eigenvalue weighted by molar-refractivity contribution is 7.14. The maximum Gasteiger partial charge on any atom is 0.338 e. The Kier molecular flexibility index (Phi) is 5.66. The van der Waals surface area contributed by atoms with Gasteiger partial charge in [0.05, 0.1) is 24.6 Å². The van der Waals surface area contributed by atoms with Gasteiger partial charge in [-0.25, -0.2) is 14.8 Å². The summed E-state index contributed by atoms with van der Waals surface area (Å²) in [5.41, 5.74) is 5.42. The molecule has 3 rings (SSSR count). The van der Waals surface area contributed by atoms with Gasteiger partial charge in [-0.15, -0.1) is 11.3 Å². The second-order valence-electron chi connectivity index (χ2n) is 6.18. The quantitative estimate of drug-likeness (QED) is 0.367. The number of aryl methyl sites for hydroxylation is 2. The summed E-state index contributed by atoms with van der Waals surface area (Å²) in [6.45, 7) is 4.00. The van der Waals surface area contributed by atoms with Gasteiger partial charge in [0.1, 0.15) is 0 Å². The van der Waals surface area contributed by atoms with Crippen molar-refractivity contribution < 1.29 is 9.53 Å². The molecule has 0 radical (unpaired) electrons. The molecule has 0 aliphatic heterocycles. The summed E-state index contributed by atoms with van der Waals surface area (Å²) in [5.74, 6) is -0.376. The van der Waals surface area contributed by atoms with Gasteiger partial charge in [0.2, 0.25) is 5.13 Å². The fraction of sp³-hybridized carbons (Fsp3) is 0.190. The maximum atomic E-state index is 12.0. The molecular weight excluding hydrogens is 358 g/mol. The molecule has 0 bridgehead atoms. The van der Waals surface area contributed by atoms with Crippen molar-refractivity contribution in [2.75, 3.05) is 19.2 Å². The molecule has 138 valence electrons. The Balaban J connectivity index is 1.83. The summed E-state index contributed by atoms with van der Waals surface area (Å²) in [6.07, 6.45) is 1.65. The largest absolute Gasteiger partial charge is 0.465 e. The molecule has 2 aromatic carbocycles. The summed E-state index contributed by atoms with van der Waals surface area (Å²) in [7, 11) is 3.21. The van der Waals surface area contributed by atoms with Crippen LogP contribution in [0.5, 0.6) is 0 Å². The van der Waals surface area contributed by atoms with Crippen molar-refractivity contribution in [1.29, 1.82) is 0 Å². The van der Waals surface area contributed by atoms with E-state index >= 15 is 0 Å². The van der Waals surface area contributed by atoms with Gasteiger partial charge < -0.3 is 4.74 Å². The zero-order valence-corrected chi connectivity index (χ0v) is 16.6. The van der Waals surface area contributed by atoms with Gasteiger partial charge in [0.15, 0.2) is 0 Å². The fourth-order valence-electron chi connectivity index (χ4n) is 2.66. The number of rotatable bonds is 5. The first-order chi connectivity index (χ1) is 13.0. The lowest BCUT2D eigenvalue weighted by molar-refractivity contribution is 0.0600. The van der Waals surface area contributed by atoms with Crippen LogP contribution in [0, 0.1) is 13.8 Å². The molecule has 0 saturated heterocycles. The van der Waals surface area contributed by atoms with Crippen molar-refractivity contribution in [2.24, 2.45) is 5.10 Å². The summed E-state index contributed by atoms with van der Waals surface area (Å²) < 4.78 is 4.86. The van der Waals surface area contributed by atoms with Gasteiger partial charge in [-0.05, 0) is 25.5 Å². The summed E-state index contributed by atoms with van der Waals surface area (Å²) >= 11 is 1.52. The van der Waals surface area contributed by atoms with Gasteiger partial charge in [-0.2, -0.15) is 5.10 Å². The van der Waals surface area contributed by atoms with Crippen LogP contribution in [0.3, 0.4) is 0 Å². The molecule has 0 spiro atoms. The fourth-order valence-corrected chi connectivity index (χ4v) is 3.41. The van der Waals surface area contributed by atoms with Crippen LogP contribution in [-0.4, -0.2) is 31.3 Å². The second-order valence-corrected chi connectivity index (χ2v) is 7.02. The van der Waals surface area contributed by atoms with E-state index in [0.717, 1.165) is 22.0 Å². The molecule has 6 heteroatoms. The normalized spacial score (nSPS) is 11.0. The van der Waals surface area contributed by atoms with Crippen LogP contribution in [0.1, 0.15) is 27.0 Å². The highest BCUT2D eigenvalue weighted by Crippen LogP contribution is 2.28. The van der Waals surface area contributed by atoms with E-state index in [4.69, 9.17) is 4.74 Å². The first kappa shape index (κ1) is 18.8. The molecule has 0 saturated carbocycles. The van der Waals surface area contributed by atoms with Gasteiger partial charge >= 0.3 is 5.97 Å². The van der Waals surface area contributed by atoms with E-state index in [1.165, 1.54) is 24.0 Å². The van der Waals surface area contributed by atoms with Gasteiger partial charge in [0, 0.05) is 23.6 Å². The average molecular weight is 379 g/mol.